The zero-order valence-corrected chi connectivity index (χ0v) is 24.5. The second-order valence-corrected chi connectivity index (χ2v) is 12.4. The van der Waals surface area contributed by atoms with Crippen molar-refractivity contribution in [3.8, 4) is 5.75 Å². The molecular formula is C30H41N5O7. The van der Waals surface area contributed by atoms with Crippen molar-refractivity contribution in [1.82, 2.24) is 15.5 Å². The summed E-state index contributed by atoms with van der Waals surface area (Å²) >= 11 is 0. The van der Waals surface area contributed by atoms with E-state index in [9.17, 15) is 34.8 Å². The van der Waals surface area contributed by atoms with Crippen molar-refractivity contribution in [2.75, 3.05) is 52.7 Å². The number of anilines is 1. The molecule has 0 radical (unpaired) electrons. The summed E-state index contributed by atoms with van der Waals surface area (Å²) in [5.41, 5.74) is 3.69. The minimum atomic E-state index is -2.65. The summed E-state index contributed by atoms with van der Waals surface area (Å²) < 4.78 is 0. The van der Waals surface area contributed by atoms with Gasteiger partial charge in [0, 0.05) is 43.4 Å². The van der Waals surface area contributed by atoms with Crippen molar-refractivity contribution in [1.29, 1.82) is 0 Å². The van der Waals surface area contributed by atoms with Crippen LogP contribution in [0.3, 0.4) is 0 Å². The van der Waals surface area contributed by atoms with Crippen molar-refractivity contribution in [2.45, 2.75) is 43.9 Å². The fraction of sp³-hybridized carbons (Fsp3) is 0.567. The monoisotopic (exact) mass is 583 g/mol. The lowest BCUT2D eigenvalue weighted by Gasteiger charge is -2.50. The zero-order chi connectivity index (χ0) is 30.7. The first-order chi connectivity index (χ1) is 19.8. The number of nitrogens with zero attached hydrogens (tertiary/aromatic N) is 2. The first kappa shape index (κ1) is 30.0. The Morgan fingerprint density at radius 1 is 1.14 bits per heavy atom. The van der Waals surface area contributed by atoms with E-state index in [0.29, 0.717) is 23.6 Å². The van der Waals surface area contributed by atoms with Crippen LogP contribution in [0.25, 0.3) is 0 Å². The summed E-state index contributed by atoms with van der Waals surface area (Å²) in [6.07, 6.45) is 2.42. The number of benzene rings is 1. The molecule has 12 heteroatoms. The lowest BCUT2D eigenvalue weighted by atomic mass is 9.58. The van der Waals surface area contributed by atoms with Gasteiger partial charge in [-0.1, -0.05) is 0 Å². The van der Waals surface area contributed by atoms with Crippen LogP contribution >= 0.6 is 0 Å². The molecule has 12 nitrogen and oxygen atoms in total. The van der Waals surface area contributed by atoms with Crippen LogP contribution in [0.5, 0.6) is 5.75 Å². The fourth-order valence-corrected chi connectivity index (χ4v) is 7.38. The van der Waals surface area contributed by atoms with Crippen molar-refractivity contribution in [3.05, 3.63) is 45.4 Å². The molecule has 1 aromatic carbocycles. The first-order valence-electron chi connectivity index (χ1n) is 14.4. The van der Waals surface area contributed by atoms with E-state index in [1.165, 1.54) is 4.90 Å². The molecule has 1 heterocycles. The van der Waals surface area contributed by atoms with Crippen LogP contribution in [0.2, 0.25) is 0 Å². The quantitative estimate of drug-likeness (QED) is 0.218. The Morgan fingerprint density at radius 2 is 1.81 bits per heavy atom. The fourth-order valence-electron chi connectivity index (χ4n) is 7.38. The van der Waals surface area contributed by atoms with Crippen LogP contribution in [0, 0.1) is 17.8 Å². The molecule has 1 aromatic rings. The molecule has 8 N–H and O–H groups in total. The number of likely N-dealkylation sites (N-methyl/N-ethyl adjacent to an activating group) is 1. The number of amides is 1. The van der Waals surface area contributed by atoms with Crippen molar-refractivity contribution < 1.29 is 34.8 Å². The van der Waals surface area contributed by atoms with Crippen LogP contribution in [-0.2, 0) is 22.6 Å². The molecule has 0 bridgehead atoms. The lowest BCUT2D eigenvalue weighted by Crippen LogP contribution is -2.63. The predicted octanol–water partition coefficient (Wildman–Crippen LogP) is 0.276. The molecule has 5 rings (SSSR count). The Morgan fingerprint density at radius 3 is 2.40 bits per heavy atom. The molecule has 1 aliphatic heterocycles. The number of hydrogen-bond donors (Lipinski definition) is 7. The molecule has 1 amide bonds. The smallest absolute Gasteiger partial charge is 0.255 e. The predicted molar refractivity (Wildman–Crippen MR) is 155 cm³/mol. The maximum absolute atomic E-state index is 14.1. The summed E-state index contributed by atoms with van der Waals surface area (Å²) in [5.74, 6) is -5.98. The average molecular weight is 584 g/mol. The highest BCUT2D eigenvalue weighted by Crippen LogP contribution is 2.53. The number of Topliss-reactive ketones (excluding diaryl/α,β-unsaturated/α-hetero) is 2. The van der Waals surface area contributed by atoms with Crippen LogP contribution in [0.4, 0.5) is 5.69 Å². The second kappa shape index (κ2) is 11.0. The third-order valence-electron chi connectivity index (χ3n) is 9.47. The number of primary amides is 1. The van der Waals surface area contributed by atoms with E-state index in [4.69, 9.17) is 5.73 Å². The number of carbonyl (C=O) groups excluding carboxylic acids is 3. The van der Waals surface area contributed by atoms with Gasteiger partial charge < -0.3 is 41.7 Å². The third kappa shape index (κ3) is 4.57. The number of nitrogens with two attached hydrogens (primary N) is 1. The van der Waals surface area contributed by atoms with E-state index in [1.807, 2.05) is 25.1 Å². The summed E-state index contributed by atoms with van der Waals surface area (Å²) in [7, 11) is 6.91. The molecule has 1 saturated heterocycles. The number of ketones is 2. The zero-order valence-electron chi connectivity index (χ0n) is 24.5. The number of hydrogen-bond acceptors (Lipinski definition) is 11. The number of phenolic OH excluding ortho intramolecular Hbond substituents is 1. The number of fused-ring (bicyclic) bond motifs is 3. The van der Waals surface area contributed by atoms with E-state index in [-0.39, 0.29) is 29.7 Å². The van der Waals surface area contributed by atoms with Gasteiger partial charge in [-0.2, -0.15) is 0 Å². The normalized spacial score (nSPS) is 28.1. The molecule has 3 aliphatic carbocycles. The number of allylic oxidation sites excluding steroid dienone is 1. The van der Waals surface area contributed by atoms with Gasteiger partial charge in [0.15, 0.2) is 11.4 Å². The van der Waals surface area contributed by atoms with E-state index in [2.05, 4.69) is 10.6 Å². The topological polar surface area (TPSA) is 189 Å². The van der Waals surface area contributed by atoms with Crippen LogP contribution in [-0.4, -0.2) is 102 Å². The Balaban J connectivity index is 1.58. The van der Waals surface area contributed by atoms with E-state index < -0.39 is 58.0 Å². The molecule has 1 fully saturated rings. The number of rotatable bonds is 7. The highest BCUT2D eigenvalue weighted by atomic mass is 16.3. The lowest BCUT2D eigenvalue weighted by molar-refractivity contribution is -0.148. The second-order valence-electron chi connectivity index (χ2n) is 12.4. The highest BCUT2D eigenvalue weighted by molar-refractivity contribution is 6.24. The number of aromatic hydroxyl groups is 1. The number of nitrogens with one attached hydrogen (secondary N) is 2. The molecule has 4 atom stereocenters. The molecule has 4 aliphatic rings. The van der Waals surface area contributed by atoms with Gasteiger partial charge in [0.2, 0.25) is 5.78 Å². The number of aliphatic hydroxyl groups is 3. The Bertz CT molecular complexity index is 1390. The third-order valence-corrected chi connectivity index (χ3v) is 9.47. The molecule has 0 saturated carbocycles. The highest BCUT2D eigenvalue weighted by Gasteiger charge is 2.63. The van der Waals surface area contributed by atoms with Crippen LogP contribution < -0.4 is 21.3 Å². The molecule has 228 valence electrons. The number of aliphatic hydroxyl groups excluding tert-OH is 2. The Labute approximate surface area is 244 Å². The largest absolute Gasteiger partial charge is 0.510 e. The molecular weight excluding hydrogens is 542 g/mol. The number of phenols is 1. The SMILES string of the molecule is CN(C)c1cc(CNCC2CCNCC2)c(O)c2c1C[C@H]1C[C@H]3C(N(C)C)C(O)=C(C(N)=O)C(=O)[C@@]3(O)C(O)=C1C2=O. The van der Waals surface area contributed by atoms with Gasteiger partial charge in [0.05, 0.1) is 11.6 Å². The first-order valence-corrected chi connectivity index (χ1v) is 14.4. The summed E-state index contributed by atoms with van der Waals surface area (Å²) in [4.78, 5) is 43.2. The van der Waals surface area contributed by atoms with E-state index >= 15 is 0 Å². The van der Waals surface area contributed by atoms with Crippen molar-refractivity contribution >= 4 is 23.2 Å². The van der Waals surface area contributed by atoms with Crippen LogP contribution in [0.1, 0.15) is 40.7 Å². The van der Waals surface area contributed by atoms with Crippen molar-refractivity contribution in [2.24, 2.45) is 23.5 Å². The summed E-state index contributed by atoms with van der Waals surface area (Å²) in [6, 6.07) is 0.843. The van der Waals surface area contributed by atoms with E-state index in [0.717, 1.165) is 38.2 Å². The molecule has 42 heavy (non-hydrogen) atoms. The maximum Gasteiger partial charge on any atom is 0.255 e. The van der Waals surface area contributed by atoms with Gasteiger partial charge in [-0.3, -0.25) is 19.3 Å². The van der Waals surface area contributed by atoms with Gasteiger partial charge in [-0.05, 0) is 82.9 Å². The van der Waals surface area contributed by atoms with Gasteiger partial charge in [-0.25, -0.2) is 0 Å². The molecule has 1 unspecified atom stereocenters. The standard InChI is InChI=1S/C30H41N5O7/c1-34(2)19-11-16(13-33-12-14-5-7-32-8-6-14)24(36)21-17(19)9-15-10-18-23(35(3)4)26(38)22(29(31)41)28(40)30(18,42)27(39)20(15)25(21)37/h11,14-15,18,23,32-33,36,38-39,42H,5-10,12-13H2,1-4H3,(H2,31,41)/t15-,18-,23?,30-/m0/s1. The Hall–Kier alpha value is -3.45. The number of carbonyl (C=O) groups is 3. The summed E-state index contributed by atoms with van der Waals surface area (Å²) in [6.45, 7) is 3.03. The van der Waals surface area contributed by atoms with Gasteiger partial charge in [0.25, 0.3) is 5.91 Å². The Kier molecular flexibility index (Phi) is 7.86. The van der Waals surface area contributed by atoms with E-state index in [1.54, 1.807) is 14.1 Å². The average Bonchev–Trinajstić information content (AvgIpc) is 2.92. The summed E-state index contributed by atoms with van der Waals surface area (Å²) in [5, 5.41) is 52.4. The maximum atomic E-state index is 14.1. The minimum absolute atomic E-state index is 0.0284. The molecule has 0 aromatic heterocycles. The van der Waals surface area contributed by atoms with Crippen LogP contribution in [0.15, 0.2) is 28.7 Å². The van der Waals surface area contributed by atoms with Gasteiger partial charge in [-0.15, -0.1) is 0 Å². The van der Waals surface area contributed by atoms with Gasteiger partial charge >= 0.3 is 0 Å². The number of piperidine rings is 1. The minimum Gasteiger partial charge on any atom is -0.510 e. The van der Waals surface area contributed by atoms with Gasteiger partial charge in [0.1, 0.15) is 22.8 Å². The molecule has 0 spiro atoms. The van der Waals surface area contributed by atoms with Crippen molar-refractivity contribution in [3.63, 3.8) is 0 Å².